The second-order valence-electron chi connectivity index (χ2n) is 2.33. The van der Waals surface area contributed by atoms with Gasteiger partial charge >= 0.3 is 88.2 Å². The van der Waals surface area contributed by atoms with Gasteiger partial charge in [-0.1, -0.05) is 50.5 Å². The number of rotatable bonds is 2. The van der Waals surface area contributed by atoms with Crippen molar-refractivity contribution in [1.29, 1.82) is 0 Å². The Bertz CT molecular complexity index is 65.0. The van der Waals surface area contributed by atoms with E-state index in [0.717, 1.165) is 0 Å². The standard InChI is InChI=1S/2C3H7O.6BH4.2Ti/c2*1-3(2)4;;;;;;;;/h2*3H,1-2H3;6*1H4;;/q8*-1;2*+4. The van der Waals surface area contributed by atoms with Crippen molar-refractivity contribution in [2.75, 3.05) is 0 Å². The zero-order valence-corrected chi connectivity index (χ0v) is 10.1. The maximum absolute atomic E-state index is 4.75. The average Bonchev–Trinajstić information content (AvgIpc) is 1.89. The first-order chi connectivity index (χ1) is 4.54. The molecule has 0 spiro atoms. The average molecular weight is 303 g/mol. The normalized spacial score (nSPS) is 6.12. The molecule has 0 saturated carbocycles. The molecule has 0 amide bonds. The van der Waals surface area contributed by atoms with E-state index in [1.165, 1.54) is 0 Å². The molecule has 0 heterocycles. The molecule has 0 aliphatic heterocycles. The molecule has 0 N–H and O–H groups in total. The molecule has 0 saturated heterocycles. The fraction of sp³-hybridized carbons (Fsp3) is 1.00. The van der Waals surface area contributed by atoms with E-state index in [1.54, 1.807) is 41.6 Å². The first-order valence-corrected chi connectivity index (χ1v) is 4.46. The molecule has 0 fully saturated rings. The van der Waals surface area contributed by atoms with Gasteiger partial charge in [-0.05, 0) is 0 Å². The third-order valence-electron chi connectivity index (χ3n) is 0.471. The van der Waals surface area contributed by atoms with Crippen molar-refractivity contribution in [1.82, 2.24) is 0 Å². The van der Waals surface area contributed by atoms with Crippen molar-refractivity contribution in [3.8, 4) is 0 Å². The van der Waals surface area contributed by atoms with Crippen molar-refractivity contribution in [3.05, 3.63) is 0 Å². The fourth-order valence-electron chi connectivity index (χ4n) is 0. The quantitative estimate of drug-likeness (QED) is 0.472. The van der Waals surface area contributed by atoms with Crippen LogP contribution in [0.5, 0.6) is 0 Å². The van der Waals surface area contributed by atoms with Crippen LogP contribution in [0.3, 0.4) is 0 Å². The second kappa shape index (κ2) is 43.7. The molecule has 10 heteroatoms. The maximum Gasteiger partial charge on any atom is -0.0626 e. The minimum absolute atomic E-state index is 0. The van der Waals surface area contributed by atoms with Crippen LogP contribution in [0.25, 0.3) is 0 Å². The molecule has 0 aliphatic carbocycles. The smallest absolute Gasteiger partial charge is 0.0626 e. The predicted octanol–water partition coefficient (Wildman–Crippen LogP) is -6.96. The monoisotopic (exact) mass is 304 g/mol. The van der Waals surface area contributed by atoms with Crippen LogP contribution in [-0.4, -0.2) is 62.7 Å². The maximum atomic E-state index is 4.75. The first-order valence-electron chi connectivity index (χ1n) is 3.19. The third-order valence-corrected chi connectivity index (χ3v) is 1.94. The topological polar surface area (TPSA) is 18.5 Å². The molecule has 0 rings (SSSR count). The number of hydrogen-bond acceptors (Lipinski definition) is 2. The van der Waals surface area contributed by atoms with E-state index in [4.69, 9.17) is 6.64 Å². The Balaban J connectivity index is -0.00000000970. The van der Waals surface area contributed by atoms with Gasteiger partial charge in [0.25, 0.3) is 0 Å². The molecular formula is C6H38B6O2Ti2. The molecule has 16 heavy (non-hydrogen) atoms. The molecule has 0 radical (unpaired) electrons. The SMILES string of the molecule is CC(C)[O][Ti+3].CC(C)[O][Ti+3].[BH4-].[BH4-].[BH4-].[BH4-].[BH4-].[BH4-]. The van der Waals surface area contributed by atoms with Gasteiger partial charge in [-0.15, -0.1) is 0 Å². The number of hydrogen-bond donors (Lipinski definition) is 0. The Morgan fingerprint density at radius 3 is 0.625 bits per heavy atom. The molecule has 0 unspecified atom stereocenters. The van der Waals surface area contributed by atoms with E-state index in [-0.39, 0.29) is 50.5 Å². The zero-order valence-electron chi connectivity index (χ0n) is 6.97. The van der Waals surface area contributed by atoms with E-state index in [2.05, 4.69) is 0 Å². The Labute approximate surface area is 138 Å². The summed E-state index contributed by atoms with van der Waals surface area (Å²) >= 11 is 3.40. The first kappa shape index (κ1) is 52.4. The van der Waals surface area contributed by atoms with Gasteiger partial charge in [-0.25, -0.2) is 0 Å². The van der Waals surface area contributed by atoms with E-state index in [1.807, 2.05) is 27.7 Å². The van der Waals surface area contributed by atoms with E-state index >= 15 is 0 Å². The van der Waals surface area contributed by atoms with Crippen LogP contribution in [0.15, 0.2) is 0 Å². The molecule has 100 valence electrons. The Hall–Kier alpha value is 1.74. The second-order valence-corrected chi connectivity index (χ2v) is 3.07. The van der Waals surface area contributed by atoms with Crippen molar-refractivity contribution in [2.45, 2.75) is 39.9 Å². The van der Waals surface area contributed by atoms with Crippen LogP contribution >= 0.6 is 0 Å². The van der Waals surface area contributed by atoms with E-state index < -0.39 is 0 Å². The summed E-state index contributed by atoms with van der Waals surface area (Å²) < 4.78 is 9.50. The summed E-state index contributed by atoms with van der Waals surface area (Å²) in [5.41, 5.74) is 0. The van der Waals surface area contributed by atoms with Gasteiger partial charge in [0.2, 0.25) is 0 Å². The van der Waals surface area contributed by atoms with Gasteiger partial charge in [0.1, 0.15) is 0 Å². The third kappa shape index (κ3) is 104. The van der Waals surface area contributed by atoms with Crippen molar-refractivity contribution in [3.63, 3.8) is 0 Å². The van der Waals surface area contributed by atoms with Crippen LogP contribution in [0.1, 0.15) is 27.7 Å². The van der Waals surface area contributed by atoms with Gasteiger partial charge in [0, 0.05) is 0 Å². The molecule has 0 atom stereocenters. The van der Waals surface area contributed by atoms with E-state index in [9.17, 15) is 0 Å². The van der Waals surface area contributed by atoms with Gasteiger partial charge in [-0.2, -0.15) is 0 Å². The molecule has 2 nitrogen and oxygen atoms in total. The van der Waals surface area contributed by atoms with Gasteiger partial charge in [-0.3, -0.25) is 0 Å². The summed E-state index contributed by atoms with van der Waals surface area (Å²) in [6.45, 7) is 8.00. The molecular weight excluding hydrogens is 265 g/mol. The minimum atomic E-state index is 0. The largest absolute Gasteiger partial charge is 0.0626 e. The van der Waals surface area contributed by atoms with Crippen molar-refractivity contribution < 1.29 is 48.3 Å². The zero-order chi connectivity index (χ0) is 8.57. The van der Waals surface area contributed by atoms with E-state index in [0.29, 0.717) is 12.2 Å². The Kier molecular flexibility index (Phi) is 143. The van der Waals surface area contributed by atoms with Crippen LogP contribution in [0.4, 0.5) is 0 Å². The van der Waals surface area contributed by atoms with Crippen molar-refractivity contribution >= 4 is 50.5 Å². The minimum Gasteiger partial charge on any atom is -0.0626 e. The van der Waals surface area contributed by atoms with Gasteiger partial charge < -0.3 is 0 Å². The molecule has 0 aliphatic rings. The van der Waals surface area contributed by atoms with Crippen LogP contribution in [0.2, 0.25) is 0 Å². The summed E-state index contributed by atoms with van der Waals surface area (Å²) in [6, 6.07) is 0. The molecule has 0 aromatic carbocycles. The summed E-state index contributed by atoms with van der Waals surface area (Å²) in [4.78, 5) is 0. The summed E-state index contributed by atoms with van der Waals surface area (Å²) in [5.74, 6) is 0. The van der Waals surface area contributed by atoms with Crippen LogP contribution in [0, 0.1) is 0 Å². The van der Waals surface area contributed by atoms with Crippen LogP contribution < -0.4 is 0 Å². The predicted molar refractivity (Wildman–Crippen MR) is 100 cm³/mol. The Morgan fingerprint density at radius 1 is 0.562 bits per heavy atom. The van der Waals surface area contributed by atoms with Crippen LogP contribution in [-0.2, 0) is 48.3 Å². The molecule has 0 bridgehead atoms. The molecule has 0 aromatic heterocycles. The van der Waals surface area contributed by atoms with Gasteiger partial charge in [0.05, 0.1) is 0 Å². The Morgan fingerprint density at radius 2 is 0.625 bits per heavy atom. The summed E-state index contributed by atoms with van der Waals surface area (Å²) in [5, 5.41) is 0. The van der Waals surface area contributed by atoms with Gasteiger partial charge in [0.15, 0.2) is 0 Å². The molecule has 0 aromatic rings. The summed E-state index contributed by atoms with van der Waals surface area (Å²) in [6.07, 6.45) is 0.769. The fourth-order valence-corrected chi connectivity index (χ4v) is 0. The summed E-state index contributed by atoms with van der Waals surface area (Å²) in [7, 11) is 0. The van der Waals surface area contributed by atoms with Crippen molar-refractivity contribution in [2.24, 2.45) is 0 Å².